The molecule has 15 heavy (non-hydrogen) atoms. The monoisotopic (exact) mass is 200 g/mol. The fraction of sp³-hybridized carbons (Fsp3) is 0.357. The van der Waals surface area contributed by atoms with Crippen LogP contribution in [0.4, 0.5) is 0 Å². The highest BCUT2D eigenvalue weighted by atomic mass is 15.0. The molecule has 1 heterocycles. The predicted molar refractivity (Wildman–Crippen MR) is 65.4 cm³/mol. The van der Waals surface area contributed by atoms with E-state index in [1.807, 2.05) is 6.07 Å². The van der Waals surface area contributed by atoms with Crippen molar-refractivity contribution in [1.29, 1.82) is 0 Å². The van der Waals surface area contributed by atoms with Gasteiger partial charge in [0.15, 0.2) is 5.71 Å². The molecule has 0 bridgehead atoms. The van der Waals surface area contributed by atoms with Crippen LogP contribution in [-0.2, 0) is 0 Å². The predicted octanol–water partition coefficient (Wildman–Crippen LogP) is 2.97. The van der Waals surface area contributed by atoms with Gasteiger partial charge in [-0.3, -0.25) is 0 Å². The summed E-state index contributed by atoms with van der Waals surface area (Å²) in [6.45, 7) is 4.65. The van der Waals surface area contributed by atoms with Gasteiger partial charge in [0.05, 0.1) is 0 Å². The Balaban J connectivity index is 2.08. The highest BCUT2D eigenvalue weighted by molar-refractivity contribution is 5.92. The van der Waals surface area contributed by atoms with Crippen molar-refractivity contribution in [3.05, 3.63) is 42.0 Å². The lowest BCUT2D eigenvalue weighted by molar-refractivity contribution is -0.505. The highest BCUT2D eigenvalue weighted by Crippen LogP contribution is 2.04. The maximum Gasteiger partial charge on any atom is 0.172 e. The fourth-order valence-corrected chi connectivity index (χ4v) is 1.96. The summed E-state index contributed by atoms with van der Waals surface area (Å²) >= 11 is 0. The van der Waals surface area contributed by atoms with Crippen molar-refractivity contribution in [2.45, 2.75) is 19.8 Å². The van der Waals surface area contributed by atoms with Crippen molar-refractivity contribution in [2.75, 3.05) is 13.1 Å². The second-order valence-corrected chi connectivity index (χ2v) is 4.08. The molecule has 0 unspecified atom stereocenters. The van der Waals surface area contributed by atoms with Gasteiger partial charge in [0, 0.05) is 25.8 Å². The van der Waals surface area contributed by atoms with Gasteiger partial charge < -0.3 is 0 Å². The molecule has 1 aromatic rings. The van der Waals surface area contributed by atoms with E-state index in [0.29, 0.717) is 0 Å². The maximum atomic E-state index is 2.46. The Morgan fingerprint density at radius 3 is 2.47 bits per heavy atom. The fourth-order valence-electron chi connectivity index (χ4n) is 1.96. The van der Waals surface area contributed by atoms with Crippen molar-refractivity contribution in [3.8, 4) is 0 Å². The molecular weight excluding hydrogens is 182 g/mol. The molecule has 0 saturated carbocycles. The molecule has 1 nitrogen and oxygen atoms in total. The summed E-state index contributed by atoms with van der Waals surface area (Å²) in [7, 11) is 0. The van der Waals surface area contributed by atoms with Gasteiger partial charge in [0.25, 0.3) is 0 Å². The van der Waals surface area contributed by atoms with Gasteiger partial charge in [-0.2, -0.15) is 0 Å². The Morgan fingerprint density at radius 1 is 1.13 bits per heavy atom. The molecule has 1 heteroatoms. The first-order valence-corrected chi connectivity index (χ1v) is 5.68. The molecule has 0 radical (unpaired) electrons. The summed E-state index contributed by atoms with van der Waals surface area (Å²) in [6.07, 6.45) is 7.10. The molecule has 1 aliphatic rings. The summed E-state index contributed by atoms with van der Waals surface area (Å²) in [4.78, 5) is 0. The zero-order chi connectivity index (χ0) is 10.5. The molecule has 0 amide bonds. The van der Waals surface area contributed by atoms with Gasteiger partial charge in [0.2, 0.25) is 0 Å². The van der Waals surface area contributed by atoms with Crippen molar-refractivity contribution >= 4 is 11.8 Å². The van der Waals surface area contributed by atoms with Crippen molar-refractivity contribution in [2.24, 2.45) is 0 Å². The van der Waals surface area contributed by atoms with E-state index >= 15 is 0 Å². The molecule has 1 aliphatic heterocycles. The van der Waals surface area contributed by atoms with E-state index in [0.717, 1.165) is 0 Å². The molecule has 78 valence electrons. The number of hydrogen-bond donors (Lipinski definition) is 0. The Kier molecular flexibility index (Phi) is 3.33. The lowest BCUT2D eigenvalue weighted by Crippen LogP contribution is -2.13. The van der Waals surface area contributed by atoms with Crippen molar-refractivity contribution in [3.63, 3.8) is 0 Å². The van der Waals surface area contributed by atoms with E-state index in [1.165, 1.54) is 37.2 Å². The van der Waals surface area contributed by atoms with Crippen LogP contribution in [0.1, 0.15) is 25.3 Å². The average Bonchev–Trinajstić information content (AvgIpc) is 2.81. The minimum absolute atomic E-state index is 1.23. The van der Waals surface area contributed by atoms with Crippen LogP contribution in [-0.4, -0.2) is 23.4 Å². The largest absolute Gasteiger partial charge is 0.234 e. The second-order valence-electron chi connectivity index (χ2n) is 4.08. The third-order valence-electron chi connectivity index (χ3n) is 2.92. The Labute approximate surface area is 91.8 Å². The zero-order valence-corrected chi connectivity index (χ0v) is 9.32. The summed E-state index contributed by atoms with van der Waals surface area (Å²) in [5, 5.41) is 0. The quantitative estimate of drug-likeness (QED) is 0.646. The lowest BCUT2D eigenvalue weighted by atomic mass is 10.2. The molecule has 0 atom stereocenters. The molecule has 1 fully saturated rings. The van der Waals surface area contributed by atoms with Gasteiger partial charge in [-0.05, 0) is 11.6 Å². The van der Waals surface area contributed by atoms with Crippen LogP contribution in [0.15, 0.2) is 36.4 Å². The topological polar surface area (TPSA) is 3.01 Å². The van der Waals surface area contributed by atoms with E-state index in [4.69, 9.17) is 0 Å². The number of benzene rings is 1. The van der Waals surface area contributed by atoms with Gasteiger partial charge in [-0.1, -0.05) is 30.3 Å². The van der Waals surface area contributed by atoms with Gasteiger partial charge >= 0.3 is 0 Å². The van der Waals surface area contributed by atoms with E-state index < -0.39 is 0 Å². The third-order valence-corrected chi connectivity index (χ3v) is 2.92. The molecule has 0 aromatic heterocycles. The number of hydrogen-bond acceptors (Lipinski definition) is 0. The van der Waals surface area contributed by atoms with Crippen LogP contribution < -0.4 is 0 Å². The van der Waals surface area contributed by atoms with Crippen molar-refractivity contribution in [1.82, 2.24) is 0 Å². The standard InChI is InChI=1S/C14H18N/c1-13(15-11-5-6-12-15)9-10-14-7-3-2-4-8-14/h2-4,7-10H,5-6,11-12H2,1H3/q+1/b10-9+. The molecule has 2 rings (SSSR count). The number of rotatable bonds is 2. The highest BCUT2D eigenvalue weighted by Gasteiger charge is 2.14. The van der Waals surface area contributed by atoms with Crippen LogP contribution in [0.5, 0.6) is 0 Å². The number of nitrogens with zero attached hydrogens (tertiary/aromatic N) is 1. The molecular formula is C14H18N+. The summed E-state index contributed by atoms with van der Waals surface area (Å²) in [6, 6.07) is 10.5. The van der Waals surface area contributed by atoms with Crippen LogP contribution in [0.25, 0.3) is 6.08 Å². The van der Waals surface area contributed by atoms with Crippen LogP contribution >= 0.6 is 0 Å². The molecule has 0 N–H and O–H groups in total. The SMILES string of the molecule is CC(/C=C/c1ccccc1)=[N+]1CCCC1. The van der Waals surface area contributed by atoms with Gasteiger partial charge in [-0.15, -0.1) is 0 Å². The van der Waals surface area contributed by atoms with Gasteiger partial charge in [0.1, 0.15) is 13.1 Å². The molecule has 1 saturated heterocycles. The van der Waals surface area contributed by atoms with E-state index in [1.54, 1.807) is 0 Å². The Bertz CT molecular complexity index is 366. The van der Waals surface area contributed by atoms with Crippen LogP contribution in [0, 0.1) is 0 Å². The average molecular weight is 200 g/mol. The summed E-state index contributed by atoms with van der Waals surface area (Å²) in [5.41, 5.74) is 2.66. The van der Waals surface area contributed by atoms with E-state index in [2.05, 4.69) is 47.9 Å². The maximum absolute atomic E-state index is 2.46. The smallest absolute Gasteiger partial charge is 0.172 e. The molecule has 1 aromatic carbocycles. The first kappa shape index (κ1) is 10.2. The second kappa shape index (κ2) is 4.92. The first-order chi connectivity index (χ1) is 7.36. The summed E-state index contributed by atoms with van der Waals surface area (Å²) in [5.74, 6) is 0. The zero-order valence-electron chi connectivity index (χ0n) is 9.32. The number of allylic oxidation sites excluding steroid dienone is 1. The minimum atomic E-state index is 1.23. The molecule has 0 aliphatic carbocycles. The summed E-state index contributed by atoms with van der Waals surface area (Å²) < 4.78 is 2.46. The van der Waals surface area contributed by atoms with Crippen LogP contribution in [0.2, 0.25) is 0 Å². The molecule has 0 spiro atoms. The van der Waals surface area contributed by atoms with Gasteiger partial charge in [-0.25, -0.2) is 4.58 Å². The van der Waals surface area contributed by atoms with E-state index in [-0.39, 0.29) is 0 Å². The van der Waals surface area contributed by atoms with E-state index in [9.17, 15) is 0 Å². The minimum Gasteiger partial charge on any atom is -0.234 e. The van der Waals surface area contributed by atoms with Crippen molar-refractivity contribution < 1.29 is 4.58 Å². The Hall–Kier alpha value is -1.37. The first-order valence-electron chi connectivity index (χ1n) is 5.68. The normalized spacial score (nSPS) is 16.2. The Morgan fingerprint density at radius 2 is 1.80 bits per heavy atom. The third kappa shape index (κ3) is 2.79. The lowest BCUT2D eigenvalue weighted by Gasteiger charge is -1.95. The van der Waals surface area contributed by atoms with Crippen LogP contribution in [0.3, 0.4) is 0 Å².